The van der Waals surface area contributed by atoms with Gasteiger partial charge in [-0.3, -0.25) is 0 Å². The van der Waals surface area contributed by atoms with Crippen molar-refractivity contribution in [1.29, 1.82) is 0 Å². The number of aliphatic hydroxyl groups is 1. The van der Waals surface area contributed by atoms with Crippen molar-refractivity contribution in [3.63, 3.8) is 0 Å². The molecule has 0 bridgehead atoms. The second-order valence-corrected chi connectivity index (χ2v) is 8.44. The Morgan fingerprint density at radius 1 is 1.10 bits per heavy atom. The first-order chi connectivity index (χ1) is 9.36. The normalized spacial score (nSPS) is 41.5. The van der Waals surface area contributed by atoms with E-state index in [1.54, 1.807) is 0 Å². The lowest BCUT2D eigenvalue weighted by molar-refractivity contribution is -0.149. The topological polar surface area (TPSA) is 46.2 Å². The van der Waals surface area contributed by atoms with Crippen LogP contribution >= 0.6 is 0 Å². The Bertz CT molecular complexity index is 317. The largest absolute Gasteiger partial charge is 0.389 e. The van der Waals surface area contributed by atoms with Crippen LogP contribution in [0.15, 0.2) is 0 Å². The van der Waals surface area contributed by atoms with E-state index in [1.165, 1.54) is 32.1 Å². The number of hydrogen-bond acceptors (Lipinski definition) is 2. The van der Waals surface area contributed by atoms with Gasteiger partial charge in [0.25, 0.3) is 0 Å². The Labute approximate surface area is 125 Å². The Kier molecular flexibility index (Phi) is 4.86. The van der Waals surface area contributed by atoms with E-state index in [9.17, 15) is 5.11 Å². The minimum atomic E-state index is -0.513. The molecule has 1 atom stereocenters. The van der Waals surface area contributed by atoms with Crippen molar-refractivity contribution < 1.29 is 5.11 Å². The summed E-state index contributed by atoms with van der Waals surface area (Å²) in [6.07, 6.45) is 11.8. The van der Waals surface area contributed by atoms with Gasteiger partial charge >= 0.3 is 0 Å². The zero-order valence-electron chi connectivity index (χ0n) is 13.9. The molecular weight excluding hydrogens is 246 g/mol. The molecule has 2 fully saturated rings. The quantitative estimate of drug-likeness (QED) is 0.809. The van der Waals surface area contributed by atoms with Crippen molar-refractivity contribution in [1.82, 2.24) is 0 Å². The molecule has 3 N–H and O–H groups in total. The van der Waals surface area contributed by atoms with Crippen molar-refractivity contribution in [2.45, 2.75) is 90.6 Å². The fourth-order valence-corrected chi connectivity index (χ4v) is 5.07. The summed E-state index contributed by atoms with van der Waals surface area (Å²) in [7, 11) is 0. The zero-order valence-corrected chi connectivity index (χ0v) is 13.9. The molecule has 2 aliphatic carbocycles. The van der Waals surface area contributed by atoms with Gasteiger partial charge in [0.1, 0.15) is 0 Å². The van der Waals surface area contributed by atoms with E-state index in [-0.39, 0.29) is 10.8 Å². The van der Waals surface area contributed by atoms with E-state index in [0.29, 0.717) is 6.54 Å². The summed E-state index contributed by atoms with van der Waals surface area (Å²) in [5.41, 5.74) is 5.96. The Morgan fingerprint density at radius 3 is 2.25 bits per heavy atom. The van der Waals surface area contributed by atoms with Gasteiger partial charge in [-0.2, -0.15) is 0 Å². The molecule has 2 heteroatoms. The summed E-state index contributed by atoms with van der Waals surface area (Å²) in [5.74, 6) is 0.875. The number of hydrogen-bond donors (Lipinski definition) is 2. The molecule has 0 amide bonds. The average molecular weight is 281 g/mol. The predicted octanol–water partition coefficient (Wildman–Crippen LogP) is 4.25. The third-order valence-corrected chi connectivity index (χ3v) is 6.35. The van der Waals surface area contributed by atoms with Crippen molar-refractivity contribution >= 4 is 0 Å². The second kappa shape index (κ2) is 5.96. The Hall–Kier alpha value is -0.0800. The van der Waals surface area contributed by atoms with Gasteiger partial charge in [-0.1, -0.05) is 40.0 Å². The summed E-state index contributed by atoms with van der Waals surface area (Å²) >= 11 is 0. The average Bonchev–Trinajstić information content (AvgIpc) is 2.38. The molecule has 0 spiro atoms. The highest BCUT2D eigenvalue weighted by molar-refractivity contribution is 5.05. The van der Waals surface area contributed by atoms with Crippen LogP contribution in [0.4, 0.5) is 0 Å². The zero-order chi connectivity index (χ0) is 14.9. The van der Waals surface area contributed by atoms with Crippen LogP contribution in [0, 0.1) is 16.7 Å². The first kappa shape index (κ1) is 16.3. The molecule has 0 saturated heterocycles. The van der Waals surface area contributed by atoms with E-state index in [1.807, 2.05) is 0 Å². The third-order valence-electron chi connectivity index (χ3n) is 6.35. The Morgan fingerprint density at radius 2 is 1.75 bits per heavy atom. The highest BCUT2D eigenvalue weighted by Gasteiger charge is 2.53. The van der Waals surface area contributed by atoms with Crippen LogP contribution in [0.5, 0.6) is 0 Å². The van der Waals surface area contributed by atoms with Gasteiger partial charge in [0.05, 0.1) is 5.60 Å². The van der Waals surface area contributed by atoms with Crippen LogP contribution in [0.1, 0.15) is 85.0 Å². The predicted molar refractivity (Wildman–Crippen MR) is 85.6 cm³/mol. The summed E-state index contributed by atoms with van der Waals surface area (Å²) < 4.78 is 0. The first-order valence-electron chi connectivity index (χ1n) is 8.79. The highest BCUT2D eigenvalue weighted by Crippen LogP contribution is 2.55. The molecular formula is C18H35NO. The van der Waals surface area contributed by atoms with E-state index in [0.717, 1.165) is 38.0 Å². The number of nitrogens with two attached hydrogens (primary N) is 1. The second-order valence-electron chi connectivity index (χ2n) is 8.44. The maximum Gasteiger partial charge on any atom is 0.0720 e. The molecule has 2 rings (SSSR count). The van der Waals surface area contributed by atoms with E-state index < -0.39 is 5.60 Å². The lowest BCUT2D eigenvalue weighted by Crippen LogP contribution is -2.57. The van der Waals surface area contributed by atoms with Gasteiger partial charge in [-0.25, -0.2) is 0 Å². The maximum atomic E-state index is 11.4. The molecule has 118 valence electrons. The minimum absolute atomic E-state index is 0.00503. The lowest BCUT2D eigenvalue weighted by atomic mass is 9.54. The van der Waals surface area contributed by atoms with Crippen LogP contribution in [-0.2, 0) is 0 Å². The lowest BCUT2D eigenvalue weighted by Gasteiger charge is -2.55. The summed E-state index contributed by atoms with van der Waals surface area (Å²) in [4.78, 5) is 0. The molecule has 0 heterocycles. The first-order valence-corrected chi connectivity index (χ1v) is 8.79. The van der Waals surface area contributed by atoms with Gasteiger partial charge in [0.2, 0.25) is 0 Å². The SMILES string of the molecule is CCCC1CCC(CN)(C2(O)CCCC(C)(C)C2)CC1. The fraction of sp³-hybridized carbons (Fsp3) is 1.00. The molecule has 0 aliphatic heterocycles. The molecule has 0 radical (unpaired) electrons. The summed E-state index contributed by atoms with van der Waals surface area (Å²) in [6, 6.07) is 0. The molecule has 0 aromatic carbocycles. The third kappa shape index (κ3) is 3.06. The molecule has 0 aromatic heterocycles. The smallest absolute Gasteiger partial charge is 0.0720 e. The molecule has 2 aliphatic rings. The van der Waals surface area contributed by atoms with Crippen molar-refractivity contribution in [2.75, 3.05) is 6.54 Å². The van der Waals surface area contributed by atoms with Crippen LogP contribution < -0.4 is 5.73 Å². The highest BCUT2D eigenvalue weighted by atomic mass is 16.3. The van der Waals surface area contributed by atoms with Crippen molar-refractivity contribution in [2.24, 2.45) is 22.5 Å². The van der Waals surface area contributed by atoms with Crippen LogP contribution in [0.3, 0.4) is 0 Å². The molecule has 2 nitrogen and oxygen atoms in total. The maximum absolute atomic E-state index is 11.4. The molecule has 1 unspecified atom stereocenters. The van der Waals surface area contributed by atoms with Gasteiger partial charge in [-0.05, 0) is 56.3 Å². The van der Waals surface area contributed by atoms with Crippen LogP contribution in [-0.4, -0.2) is 17.3 Å². The number of rotatable bonds is 4. The van der Waals surface area contributed by atoms with Gasteiger partial charge in [0.15, 0.2) is 0 Å². The van der Waals surface area contributed by atoms with E-state index >= 15 is 0 Å². The van der Waals surface area contributed by atoms with Crippen LogP contribution in [0.2, 0.25) is 0 Å². The van der Waals surface area contributed by atoms with Gasteiger partial charge in [0, 0.05) is 12.0 Å². The molecule has 20 heavy (non-hydrogen) atoms. The molecule has 0 aromatic rings. The van der Waals surface area contributed by atoms with Crippen LogP contribution in [0.25, 0.3) is 0 Å². The van der Waals surface area contributed by atoms with Crippen molar-refractivity contribution in [3.05, 3.63) is 0 Å². The van der Waals surface area contributed by atoms with Crippen molar-refractivity contribution in [3.8, 4) is 0 Å². The monoisotopic (exact) mass is 281 g/mol. The van der Waals surface area contributed by atoms with E-state index in [4.69, 9.17) is 5.73 Å². The van der Waals surface area contributed by atoms with Gasteiger partial charge < -0.3 is 10.8 Å². The van der Waals surface area contributed by atoms with Gasteiger partial charge in [-0.15, -0.1) is 0 Å². The standard InChI is InChI=1S/C18H35NO/c1-4-6-15-7-11-17(14-19,12-8-15)18(20)10-5-9-16(2,3)13-18/h15,20H,4-14,19H2,1-3H3. The summed E-state index contributed by atoms with van der Waals surface area (Å²) in [5, 5.41) is 11.4. The minimum Gasteiger partial charge on any atom is -0.389 e. The summed E-state index contributed by atoms with van der Waals surface area (Å²) in [6.45, 7) is 7.56. The fourth-order valence-electron chi connectivity index (χ4n) is 5.07. The van der Waals surface area contributed by atoms with E-state index in [2.05, 4.69) is 20.8 Å². The molecule has 2 saturated carbocycles. The Balaban J connectivity index is 2.11.